The number of ether oxygens (including phenoxy) is 1. The molecule has 0 fully saturated rings. The number of halogens is 1. The predicted molar refractivity (Wildman–Crippen MR) is 133 cm³/mol. The van der Waals surface area contributed by atoms with Crippen molar-refractivity contribution in [3.05, 3.63) is 65.2 Å². The molecule has 0 aliphatic heterocycles. The molecule has 166 valence electrons. The topological polar surface area (TPSA) is 91.8 Å². The molecule has 0 saturated carbocycles. The predicted octanol–water partition coefficient (Wildman–Crippen LogP) is 2.79. The molecule has 0 saturated heterocycles. The number of rotatable bonds is 9. The molecule has 0 aliphatic rings. The van der Waals surface area contributed by atoms with Crippen molar-refractivity contribution in [1.82, 2.24) is 15.4 Å². The Labute approximate surface area is 196 Å². The molecule has 2 aromatic carbocycles. The van der Waals surface area contributed by atoms with Crippen molar-refractivity contribution in [2.24, 2.45) is 4.99 Å². The van der Waals surface area contributed by atoms with E-state index in [-0.39, 0.29) is 35.8 Å². The summed E-state index contributed by atoms with van der Waals surface area (Å²) in [6, 6.07) is 15.4. The molecule has 30 heavy (non-hydrogen) atoms. The highest BCUT2D eigenvalue weighted by Gasteiger charge is 2.09. The largest absolute Gasteiger partial charge is 0.489 e. The standard InChI is InChI=1S/C21H30N4O3S.HI/c1-16-6-5-7-20(12-16)28-17(2)13-24-21(22-3)25-14-18-8-10-19(11-9-18)15-29(26,27)23-4;/h5-12,17,23H,13-15H2,1-4H3,(H2,22,24,25);1H. The molecular formula is C21H31IN4O3S. The molecule has 2 rings (SSSR count). The van der Waals surface area contributed by atoms with Crippen molar-refractivity contribution in [3.8, 4) is 5.75 Å². The number of sulfonamides is 1. The van der Waals surface area contributed by atoms with Crippen LogP contribution in [0.25, 0.3) is 0 Å². The van der Waals surface area contributed by atoms with E-state index in [0.29, 0.717) is 19.0 Å². The Bertz CT molecular complexity index is 918. The third-order valence-electron chi connectivity index (χ3n) is 4.26. The Morgan fingerprint density at radius 2 is 1.77 bits per heavy atom. The number of benzene rings is 2. The van der Waals surface area contributed by atoms with Crippen molar-refractivity contribution in [2.45, 2.75) is 32.2 Å². The van der Waals surface area contributed by atoms with Gasteiger partial charge in [0.05, 0.1) is 12.3 Å². The number of aryl methyl sites for hydroxylation is 1. The number of hydrogen-bond donors (Lipinski definition) is 3. The molecule has 0 radical (unpaired) electrons. The van der Waals surface area contributed by atoms with Gasteiger partial charge >= 0.3 is 0 Å². The zero-order valence-corrected chi connectivity index (χ0v) is 21.0. The van der Waals surface area contributed by atoms with Crippen LogP contribution in [0.15, 0.2) is 53.5 Å². The molecule has 0 spiro atoms. The van der Waals surface area contributed by atoms with E-state index in [2.05, 4.69) is 20.3 Å². The van der Waals surface area contributed by atoms with Gasteiger partial charge < -0.3 is 15.4 Å². The summed E-state index contributed by atoms with van der Waals surface area (Å²) < 4.78 is 31.5. The number of nitrogens with zero attached hydrogens (tertiary/aromatic N) is 1. The summed E-state index contributed by atoms with van der Waals surface area (Å²) in [5, 5.41) is 6.50. The van der Waals surface area contributed by atoms with E-state index in [1.165, 1.54) is 7.05 Å². The molecule has 1 unspecified atom stereocenters. The first-order chi connectivity index (χ1) is 13.8. The maximum atomic E-state index is 11.6. The fourth-order valence-corrected chi connectivity index (χ4v) is 3.43. The van der Waals surface area contributed by atoms with E-state index in [4.69, 9.17) is 4.74 Å². The summed E-state index contributed by atoms with van der Waals surface area (Å²) in [4.78, 5) is 4.22. The van der Waals surface area contributed by atoms with Crippen LogP contribution in [0, 0.1) is 6.92 Å². The quantitative estimate of drug-likeness (QED) is 0.256. The zero-order chi connectivity index (χ0) is 21.3. The zero-order valence-electron chi connectivity index (χ0n) is 17.8. The monoisotopic (exact) mass is 546 g/mol. The Balaban J connectivity index is 0.00000450. The number of hydrogen-bond acceptors (Lipinski definition) is 4. The molecule has 7 nitrogen and oxygen atoms in total. The third-order valence-corrected chi connectivity index (χ3v) is 5.59. The van der Waals surface area contributed by atoms with Crippen LogP contribution >= 0.6 is 24.0 Å². The Morgan fingerprint density at radius 1 is 1.10 bits per heavy atom. The van der Waals surface area contributed by atoms with Crippen molar-refractivity contribution in [1.29, 1.82) is 0 Å². The fraction of sp³-hybridized carbons (Fsp3) is 0.381. The van der Waals surface area contributed by atoms with Gasteiger partial charge in [-0.25, -0.2) is 13.1 Å². The van der Waals surface area contributed by atoms with Gasteiger partial charge in [0.1, 0.15) is 11.9 Å². The average Bonchev–Trinajstić information content (AvgIpc) is 2.69. The second-order valence-electron chi connectivity index (χ2n) is 6.83. The summed E-state index contributed by atoms with van der Waals surface area (Å²) in [6.45, 7) is 5.22. The van der Waals surface area contributed by atoms with Gasteiger partial charge in [-0.1, -0.05) is 36.4 Å². The Hall–Kier alpha value is -1.85. The molecular weight excluding hydrogens is 515 g/mol. The Kier molecular flexibility index (Phi) is 11.1. The van der Waals surface area contributed by atoms with Gasteiger partial charge in [-0.3, -0.25) is 4.99 Å². The Morgan fingerprint density at radius 3 is 2.37 bits per heavy atom. The molecule has 2 aromatic rings. The number of guanidine groups is 1. The van der Waals surface area contributed by atoms with Gasteiger partial charge in [-0.2, -0.15) is 0 Å². The lowest BCUT2D eigenvalue weighted by atomic mass is 10.1. The fourth-order valence-electron chi connectivity index (χ4n) is 2.65. The first kappa shape index (κ1) is 26.2. The van der Waals surface area contributed by atoms with Crippen LogP contribution in [-0.4, -0.2) is 41.1 Å². The van der Waals surface area contributed by atoms with E-state index >= 15 is 0 Å². The van der Waals surface area contributed by atoms with Crippen molar-refractivity contribution in [2.75, 3.05) is 20.6 Å². The first-order valence-corrected chi connectivity index (χ1v) is 11.1. The molecule has 9 heteroatoms. The highest BCUT2D eigenvalue weighted by atomic mass is 127. The second kappa shape index (κ2) is 12.8. The van der Waals surface area contributed by atoms with Crippen LogP contribution in [0.5, 0.6) is 5.75 Å². The third kappa shape index (κ3) is 9.31. The number of nitrogens with one attached hydrogen (secondary N) is 3. The van der Waals surface area contributed by atoms with Gasteiger partial charge in [-0.15, -0.1) is 24.0 Å². The maximum Gasteiger partial charge on any atom is 0.215 e. The SMILES string of the molecule is CN=C(NCc1ccc(CS(=O)(=O)NC)cc1)NCC(C)Oc1cccc(C)c1.I. The smallest absolute Gasteiger partial charge is 0.215 e. The van der Waals surface area contributed by atoms with Crippen LogP contribution in [0.4, 0.5) is 0 Å². The van der Waals surface area contributed by atoms with Crippen molar-refractivity contribution in [3.63, 3.8) is 0 Å². The summed E-state index contributed by atoms with van der Waals surface area (Å²) in [6.07, 6.45) is -0.0243. The van der Waals surface area contributed by atoms with E-state index in [9.17, 15) is 8.42 Å². The minimum atomic E-state index is -3.26. The summed E-state index contributed by atoms with van der Waals surface area (Å²) in [7, 11) is -0.131. The van der Waals surface area contributed by atoms with E-state index in [1.807, 2.05) is 62.4 Å². The maximum absolute atomic E-state index is 11.6. The highest BCUT2D eigenvalue weighted by Crippen LogP contribution is 2.14. The van der Waals surface area contributed by atoms with Crippen LogP contribution in [-0.2, 0) is 22.3 Å². The van der Waals surface area contributed by atoms with Crippen LogP contribution in [0.2, 0.25) is 0 Å². The van der Waals surface area contributed by atoms with Gasteiger partial charge in [-0.05, 0) is 49.7 Å². The van der Waals surface area contributed by atoms with Crippen LogP contribution in [0.3, 0.4) is 0 Å². The molecule has 3 N–H and O–H groups in total. The van der Waals surface area contributed by atoms with Gasteiger partial charge in [0.2, 0.25) is 10.0 Å². The molecule has 0 heterocycles. The van der Waals surface area contributed by atoms with Gasteiger partial charge in [0.15, 0.2) is 5.96 Å². The lowest BCUT2D eigenvalue weighted by molar-refractivity contribution is 0.223. The number of aliphatic imine (C=N–C) groups is 1. The van der Waals surface area contributed by atoms with E-state index in [1.54, 1.807) is 7.05 Å². The second-order valence-corrected chi connectivity index (χ2v) is 8.76. The van der Waals surface area contributed by atoms with Crippen molar-refractivity contribution < 1.29 is 13.2 Å². The summed E-state index contributed by atoms with van der Waals surface area (Å²) in [5.74, 6) is 1.49. The highest BCUT2D eigenvalue weighted by molar-refractivity contribution is 14.0. The summed E-state index contributed by atoms with van der Waals surface area (Å²) >= 11 is 0. The van der Waals surface area contributed by atoms with Gasteiger partial charge in [0.25, 0.3) is 0 Å². The van der Waals surface area contributed by atoms with E-state index < -0.39 is 10.0 Å². The lowest BCUT2D eigenvalue weighted by Crippen LogP contribution is -2.41. The van der Waals surface area contributed by atoms with Crippen LogP contribution < -0.4 is 20.1 Å². The normalized spacial score (nSPS) is 12.6. The lowest BCUT2D eigenvalue weighted by Gasteiger charge is -2.18. The molecule has 1 atom stereocenters. The van der Waals surface area contributed by atoms with Gasteiger partial charge in [0, 0.05) is 13.6 Å². The minimum absolute atomic E-state index is 0. The molecule has 0 amide bonds. The van der Waals surface area contributed by atoms with Crippen molar-refractivity contribution >= 4 is 40.0 Å². The average molecular weight is 546 g/mol. The van der Waals surface area contributed by atoms with Crippen LogP contribution in [0.1, 0.15) is 23.6 Å². The molecule has 0 bridgehead atoms. The minimum Gasteiger partial charge on any atom is -0.489 e. The molecule has 0 aromatic heterocycles. The summed E-state index contributed by atoms with van der Waals surface area (Å²) in [5.41, 5.74) is 2.94. The first-order valence-electron chi connectivity index (χ1n) is 9.48. The molecule has 0 aliphatic carbocycles. The van der Waals surface area contributed by atoms with E-state index in [0.717, 1.165) is 22.4 Å².